The van der Waals surface area contributed by atoms with Crippen LogP contribution in [0.15, 0.2) is 24.3 Å². The van der Waals surface area contributed by atoms with Gasteiger partial charge in [0.1, 0.15) is 0 Å². The Kier molecular flexibility index (Phi) is 4.60. The number of rotatable bonds is 4. The van der Waals surface area contributed by atoms with Gasteiger partial charge in [0.05, 0.1) is 12.4 Å². The molecule has 0 aromatic heterocycles. The summed E-state index contributed by atoms with van der Waals surface area (Å²) in [4.78, 5) is 0. The van der Waals surface area contributed by atoms with E-state index in [1.807, 2.05) is 0 Å². The van der Waals surface area contributed by atoms with Gasteiger partial charge in [-0.05, 0) is 29.9 Å². The van der Waals surface area contributed by atoms with E-state index in [9.17, 15) is 8.42 Å². The fraction of sp³-hybridized carbons (Fsp3) is 0.571. The Hall–Kier alpha value is -0.910. The SMILES string of the molecule is CC1CCN(S(=O)(=O)Cc2cccc(CO)c2)CC1. The Morgan fingerprint density at radius 3 is 2.53 bits per heavy atom. The molecular formula is C14H21NO3S. The first-order valence-corrected chi connectivity index (χ1v) is 8.28. The topological polar surface area (TPSA) is 57.6 Å². The molecule has 5 heteroatoms. The molecule has 0 unspecified atom stereocenters. The second-order valence-corrected chi connectivity index (χ2v) is 7.28. The molecule has 0 saturated carbocycles. The third-order valence-corrected chi connectivity index (χ3v) is 5.51. The Morgan fingerprint density at radius 2 is 1.89 bits per heavy atom. The predicted molar refractivity (Wildman–Crippen MR) is 75.0 cm³/mol. The molecule has 0 aliphatic carbocycles. The standard InChI is InChI=1S/C14H21NO3S/c1-12-5-7-15(8-6-12)19(17,18)11-14-4-2-3-13(9-14)10-16/h2-4,9,12,16H,5-8,10-11H2,1H3. The molecule has 106 valence electrons. The van der Waals surface area contributed by atoms with E-state index in [0.717, 1.165) is 24.0 Å². The van der Waals surface area contributed by atoms with Crippen molar-refractivity contribution in [2.45, 2.75) is 32.1 Å². The fourth-order valence-corrected chi connectivity index (χ4v) is 3.93. The molecule has 19 heavy (non-hydrogen) atoms. The lowest BCUT2D eigenvalue weighted by Crippen LogP contribution is -2.38. The summed E-state index contributed by atoms with van der Waals surface area (Å²) < 4.78 is 26.2. The number of hydrogen-bond acceptors (Lipinski definition) is 3. The molecule has 4 nitrogen and oxygen atoms in total. The van der Waals surface area contributed by atoms with Crippen molar-refractivity contribution < 1.29 is 13.5 Å². The monoisotopic (exact) mass is 283 g/mol. The first kappa shape index (κ1) is 14.5. The maximum Gasteiger partial charge on any atom is 0.218 e. The van der Waals surface area contributed by atoms with Crippen LogP contribution in [0, 0.1) is 5.92 Å². The first-order valence-electron chi connectivity index (χ1n) is 6.68. The zero-order valence-electron chi connectivity index (χ0n) is 11.2. The number of aliphatic hydroxyl groups is 1. The van der Waals surface area contributed by atoms with Crippen molar-refractivity contribution in [2.75, 3.05) is 13.1 Å². The van der Waals surface area contributed by atoms with Gasteiger partial charge in [-0.1, -0.05) is 31.2 Å². The van der Waals surface area contributed by atoms with E-state index in [-0.39, 0.29) is 12.4 Å². The number of benzene rings is 1. The van der Waals surface area contributed by atoms with Gasteiger partial charge < -0.3 is 5.11 Å². The molecule has 1 aromatic carbocycles. The van der Waals surface area contributed by atoms with Crippen LogP contribution in [0.25, 0.3) is 0 Å². The molecule has 0 atom stereocenters. The first-order chi connectivity index (χ1) is 9.01. The van der Waals surface area contributed by atoms with Crippen LogP contribution in [-0.2, 0) is 22.4 Å². The van der Waals surface area contributed by atoms with Crippen LogP contribution in [0.5, 0.6) is 0 Å². The normalized spacial score (nSPS) is 18.6. The predicted octanol–water partition coefficient (Wildman–Crippen LogP) is 1.74. The molecule has 1 aliphatic heterocycles. The largest absolute Gasteiger partial charge is 0.392 e. The number of sulfonamides is 1. The Balaban J connectivity index is 2.08. The van der Waals surface area contributed by atoms with Crippen LogP contribution >= 0.6 is 0 Å². The molecule has 1 saturated heterocycles. The van der Waals surface area contributed by atoms with Crippen molar-refractivity contribution in [3.05, 3.63) is 35.4 Å². The van der Waals surface area contributed by atoms with Gasteiger partial charge in [-0.3, -0.25) is 0 Å². The molecule has 2 rings (SSSR count). The number of aliphatic hydroxyl groups excluding tert-OH is 1. The number of nitrogens with zero attached hydrogens (tertiary/aromatic N) is 1. The van der Waals surface area contributed by atoms with E-state index in [2.05, 4.69) is 6.92 Å². The average molecular weight is 283 g/mol. The summed E-state index contributed by atoms with van der Waals surface area (Å²) in [6, 6.07) is 7.13. The fourth-order valence-electron chi connectivity index (χ4n) is 2.38. The highest BCUT2D eigenvalue weighted by atomic mass is 32.2. The lowest BCUT2D eigenvalue weighted by Gasteiger charge is -2.29. The quantitative estimate of drug-likeness (QED) is 0.915. The van der Waals surface area contributed by atoms with E-state index in [1.165, 1.54) is 0 Å². The van der Waals surface area contributed by atoms with Crippen molar-refractivity contribution in [1.29, 1.82) is 0 Å². The minimum absolute atomic E-state index is 0.0230. The van der Waals surface area contributed by atoms with Gasteiger partial charge in [-0.15, -0.1) is 0 Å². The Labute approximate surface area is 115 Å². The maximum absolute atomic E-state index is 12.3. The van der Waals surface area contributed by atoms with Gasteiger partial charge in [0.2, 0.25) is 10.0 Å². The highest BCUT2D eigenvalue weighted by molar-refractivity contribution is 7.88. The van der Waals surface area contributed by atoms with Crippen molar-refractivity contribution in [3.8, 4) is 0 Å². The minimum Gasteiger partial charge on any atom is -0.392 e. The summed E-state index contributed by atoms with van der Waals surface area (Å²) in [6.07, 6.45) is 1.88. The van der Waals surface area contributed by atoms with Crippen LogP contribution in [0.3, 0.4) is 0 Å². The molecular weight excluding hydrogens is 262 g/mol. The van der Waals surface area contributed by atoms with Crippen molar-refractivity contribution in [2.24, 2.45) is 5.92 Å². The summed E-state index contributed by atoms with van der Waals surface area (Å²) >= 11 is 0. The average Bonchev–Trinajstić information content (AvgIpc) is 2.39. The van der Waals surface area contributed by atoms with Crippen LogP contribution in [0.1, 0.15) is 30.9 Å². The molecule has 1 aliphatic rings. The summed E-state index contributed by atoms with van der Waals surface area (Å²) in [7, 11) is -3.23. The molecule has 1 aromatic rings. The van der Waals surface area contributed by atoms with Crippen molar-refractivity contribution >= 4 is 10.0 Å². The van der Waals surface area contributed by atoms with Gasteiger partial charge in [0.25, 0.3) is 0 Å². The molecule has 1 fully saturated rings. The van der Waals surface area contributed by atoms with Crippen molar-refractivity contribution in [3.63, 3.8) is 0 Å². The number of piperidine rings is 1. The molecule has 1 N–H and O–H groups in total. The zero-order chi connectivity index (χ0) is 13.9. The molecule has 0 spiro atoms. The van der Waals surface area contributed by atoms with Crippen LogP contribution in [0.2, 0.25) is 0 Å². The zero-order valence-corrected chi connectivity index (χ0v) is 12.1. The van der Waals surface area contributed by atoms with Gasteiger partial charge in [-0.2, -0.15) is 0 Å². The van der Waals surface area contributed by atoms with Gasteiger partial charge in [0.15, 0.2) is 0 Å². The van der Waals surface area contributed by atoms with E-state index in [1.54, 1.807) is 28.6 Å². The van der Waals surface area contributed by atoms with Gasteiger partial charge in [0, 0.05) is 13.1 Å². The Bertz CT molecular complexity index is 519. The van der Waals surface area contributed by atoms with Crippen LogP contribution in [-0.4, -0.2) is 30.9 Å². The molecule has 0 radical (unpaired) electrons. The van der Waals surface area contributed by atoms with E-state index < -0.39 is 10.0 Å². The molecule has 1 heterocycles. The highest BCUT2D eigenvalue weighted by Crippen LogP contribution is 2.21. The van der Waals surface area contributed by atoms with Crippen LogP contribution in [0.4, 0.5) is 0 Å². The summed E-state index contributed by atoms with van der Waals surface area (Å²) in [5.74, 6) is 0.638. The minimum atomic E-state index is -3.23. The third-order valence-electron chi connectivity index (χ3n) is 3.66. The molecule has 0 bridgehead atoms. The van der Waals surface area contributed by atoms with Gasteiger partial charge in [-0.25, -0.2) is 12.7 Å². The third kappa shape index (κ3) is 3.78. The van der Waals surface area contributed by atoms with E-state index in [0.29, 0.717) is 19.0 Å². The number of hydrogen-bond donors (Lipinski definition) is 1. The van der Waals surface area contributed by atoms with E-state index >= 15 is 0 Å². The smallest absolute Gasteiger partial charge is 0.218 e. The van der Waals surface area contributed by atoms with E-state index in [4.69, 9.17) is 5.11 Å². The lowest BCUT2D eigenvalue weighted by molar-refractivity contribution is 0.281. The molecule has 0 amide bonds. The van der Waals surface area contributed by atoms with Gasteiger partial charge >= 0.3 is 0 Å². The second-order valence-electron chi connectivity index (χ2n) is 5.32. The van der Waals surface area contributed by atoms with Crippen LogP contribution < -0.4 is 0 Å². The summed E-state index contributed by atoms with van der Waals surface area (Å²) in [6.45, 7) is 3.36. The maximum atomic E-state index is 12.3. The summed E-state index contributed by atoms with van der Waals surface area (Å²) in [5.41, 5.74) is 1.49. The second kappa shape index (κ2) is 6.03. The lowest BCUT2D eigenvalue weighted by atomic mass is 10.0. The Morgan fingerprint density at radius 1 is 1.26 bits per heavy atom. The highest BCUT2D eigenvalue weighted by Gasteiger charge is 2.26. The summed E-state index contributed by atoms with van der Waals surface area (Å²) in [5, 5.41) is 9.08. The van der Waals surface area contributed by atoms with Crippen molar-refractivity contribution in [1.82, 2.24) is 4.31 Å².